The molecule has 0 radical (unpaired) electrons. The molecule has 1 aliphatic rings. The summed E-state index contributed by atoms with van der Waals surface area (Å²) in [5, 5.41) is 4.32. The van der Waals surface area contributed by atoms with Gasteiger partial charge in [0, 0.05) is 18.3 Å². The summed E-state index contributed by atoms with van der Waals surface area (Å²) in [6.07, 6.45) is 8.99. The Bertz CT molecular complexity index is 1440. The first-order chi connectivity index (χ1) is 18.3. The largest absolute Gasteiger partial charge is 0.489 e. The predicted molar refractivity (Wildman–Crippen MR) is 145 cm³/mol. The van der Waals surface area contributed by atoms with Crippen molar-refractivity contribution in [1.82, 2.24) is 24.5 Å². The van der Waals surface area contributed by atoms with E-state index < -0.39 is 0 Å². The lowest BCUT2D eigenvalue weighted by atomic mass is 10.1. The Morgan fingerprint density at radius 3 is 2.49 bits per heavy atom. The van der Waals surface area contributed by atoms with E-state index in [1.807, 2.05) is 30.3 Å². The van der Waals surface area contributed by atoms with Crippen LogP contribution in [0, 0.1) is 0 Å². The third-order valence-electron chi connectivity index (χ3n) is 6.79. The Labute approximate surface area is 217 Å². The first-order valence-electron chi connectivity index (χ1n) is 12.8. The fourth-order valence-electron chi connectivity index (χ4n) is 4.89. The summed E-state index contributed by atoms with van der Waals surface area (Å²) >= 11 is 0. The van der Waals surface area contributed by atoms with E-state index in [2.05, 4.69) is 73.4 Å². The highest BCUT2D eigenvalue weighted by molar-refractivity contribution is 5.83. The molecule has 3 aromatic carbocycles. The molecule has 2 aromatic heterocycles. The molecule has 0 aliphatic carbocycles. The van der Waals surface area contributed by atoms with Gasteiger partial charge in [0.1, 0.15) is 30.5 Å². The number of hydrogen-bond acceptors (Lipinski definition) is 6. The molecule has 1 saturated heterocycles. The lowest BCUT2D eigenvalue weighted by Gasteiger charge is -2.27. The maximum atomic E-state index is 6.15. The minimum Gasteiger partial charge on any atom is -0.489 e. The summed E-state index contributed by atoms with van der Waals surface area (Å²) in [5.74, 6) is 1.56. The molecule has 3 heterocycles. The van der Waals surface area contributed by atoms with Crippen molar-refractivity contribution in [3.8, 4) is 5.75 Å². The van der Waals surface area contributed by atoms with E-state index in [9.17, 15) is 0 Å². The molecule has 5 aromatic rings. The molecule has 186 valence electrons. The van der Waals surface area contributed by atoms with Gasteiger partial charge in [-0.2, -0.15) is 5.10 Å². The maximum Gasteiger partial charge on any atom is 0.167 e. The number of ether oxygens (including phenoxy) is 1. The molecule has 1 aliphatic heterocycles. The van der Waals surface area contributed by atoms with Gasteiger partial charge in [-0.3, -0.25) is 9.80 Å². The number of fused-ring (bicyclic) bond motifs is 1. The summed E-state index contributed by atoms with van der Waals surface area (Å²) in [4.78, 5) is 13.7. The van der Waals surface area contributed by atoms with Gasteiger partial charge >= 0.3 is 0 Å². The van der Waals surface area contributed by atoms with Crippen LogP contribution in [0.5, 0.6) is 5.75 Å². The standard InChI is InChI=1S/C30H30N6O/c1-3-8-25(9-4-1)21-37-28-11-7-10-27(18-28)36(30-29-19-31-23-35(29)33-22-32-30)26-14-12-24(13-15-26)20-34-16-5-2-6-17-34/h1,3-4,7-15,18-19,22-23H,2,5-6,16-17,20-21H2. The van der Waals surface area contributed by atoms with Crippen LogP contribution in [0.4, 0.5) is 17.2 Å². The highest BCUT2D eigenvalue weighted by atomic mass is 16.5. The van der Waals surface area contributed by atoms with Gasteiger partial charge in [0.2, 0.25) is 0 Å². The van der Waals surface area contributed by atoms with Crippen molar-refractivity contribution in [2.45, 2.75) is 32.4 Å². The Hall–Kier alpha value is -4.23. The summed E-state index contributed by atoms with van der Waals surface area (Å²) in [6.45, 7) is 3.87. The van der Waals surface area contributed by atoms with E-state index in [-0.39, 0.29) is 0 Å². The van der Waals surface area contributed by atoms with Gasteiger partial charge < -0.3 is 4.74 Å². The Kier molecular flexibility index (Phi) is 6.77. The number of benzene rings is 3. The molecular formula is C30H30N6O. The lowest BCUT2D eigenvalue weighted by Crippen LogP contribution is -2.29. The number of anilines is 3. The molecule has 0 saturated carbocycles. The topological polar surface area (TPSA) is 58.8 Å². The van der Waals surface area contributed by atoms with E-state index in [0.29, 0.717) is 6.61 Å². The molecule has 0 N–H and O–H groups in total. The molecule has 7 heteroatoms. The van der Waals surface area contributed by atoms with Gasteiger partial charge in [0.15, 0.2) is 5.82 Å². The van der Waals surface area contributed by atoms with Gasteiger partial charge in [-0.15, -0.1) is 0 Å². The maximum absolute atomic E-state index is 6.15. The monoisotopic (exact) mass is 490 g/mol. The zero-order chi connectivity index (χ0) is 24.9. The van der Waals surface area contributed by atoms with Crippen LogP contribution in [0.3, 0.4) is 0 Å². The van der Waals surface area contributed by atoms with Crippen LogP contribution in [0.15, 0.2) is 97.7 Å². The van der Waals surface area contributed by atoms with Crippen LogP contribution in [-0.4, -0.2) is 37.6 Å². The quantitative estimate of drug-likeness (QED) is 0.260. The second kappa shape index (κ2) is 10.8. The van der Waals surface area contributed by atoms with Gasteiger partial charge in [0.25, 0.3) is 0 Å². The Morgan fingerprint density at radius 1 is 0.811 bits per heavy atom. The molecule has 0 amide bonds. The van der Waals surface area contributed by atoms with Crippen molar-refractivity contribution < 1.29 is 4.74 Å². The molecule has 37 heavy (non-hydrogen) atoms. The first-order valence-corrected chi connectivity index (χ1v) is 12.8. The van der Waals surface area contributed by atoms with Crippen molar-refractivity contribution in [2.24, 2.45) is 0 Å². The number of rotatable bonds is 8. The van der Waals surface area contributed by atoms with Crippen molar-refractivity contribution in [3.63, 3.8) is 0 Å². The lowest BCUT2D eigenvalue weighted by molar-refractivity contribution is 0.221. The number of piperidine rings is 1. The van der Waals surface area contributed by atoms with E-state index in [1.165, 1.54) is 37.9 Å². The van der Waals surface area contributed by atoms with Crippen LogP contribution in [0.2, 0.25) is 0 Å². The van der Waals surface area contributed by atoms with Gasteiger partial charge in [-0.25, -0.2) is 14.5 Å². The second-order valence-electron chi connectivity index (χ2n) is 9.42. The van der Waals surface area contributed by atoms with Crippen molar-refractivity contribution in [2.75, 3.05) is 18.0 Å². The van der Waals surface area contributed by atoms with Crippen molar-refractivity contribution in [3.05, 3.63) is 109 Å². The summed E-state index contributed by atoms with van der Waals surface area (Å²) < 4.78 is 7.89. The average molecular weight is 491 g/mol. The van der Waals surface area contributed by atoms with Crippen LogP contribution in [-0.2, 0) is 13.2 Å². The molecule has 0 spiro atoms. The first kappa shape index (κ1) is 23.2. The summed E-state index contributed by atoms with van der Waals surface area (Å²) in [7, 11) is 0. The van der Waals surface area contributed by atoms with E-state index in [0.717, 1.165) is 40.6 Å². The molecular weight excluding hydrogens is 460 g/mol. The number of hydrogen-bond donors (Lipinski definition) is 0. The minimum absolute atomic E-state index is 0.510. The highest BCUT2D eigenvalue weighted by Gasteiger charge is 2.19. The zero-order valence-corrected chi connectivity index (χ0v) is 20.8. The molecule has 1 fully saturated rings. The zero-order valence-electron chi connectivity index (χ0n) is 20.8. The SMILES string of the molecule is c1ccc(COc2cccc(N(c3ccc(CN4CCCCC4)cc3)c3ncnn4cncc34)c2)cc1. The second-order valence-corrected chi connectivity index (χ2v) is 9.42. The van der Waals surface area contributed by atoms with Gasteiger partial charge in [-0.05, 0) is 61.3 Å². The smallest absolute Gasteiger partial charge is 0.167 e. The number of imidazole rings is 1. The number of likely N-dealkylation sites (tertiary alicyclic amines) is 1. The van der Waals surface area contributed by atoms with E-state index in [4.69, 9.17) is 4.74 Å². The number of aromatic nitrogens is 4. The molecule has 0 unspecified atom stereocenters. The summed E-state index contributed by atoms with van der Waals surface area (Å²) in [5.41, 5.74) is 5.25. The normalized spacial score (nSPS) is 14.1. The highest BCUT2D eigenvalue weighted by Crippen LogP contribution is 2.37. The third kappa shape index (κ3) is 5.32. The minimum atomic E-state index is 0.510. The van der Waals surface area contributed by atoms with Gasteiger partial charge in [-0.1, -0.05) is 55.0 Å². The summed E-state index contributed by atoms with van der Waals surface area (Å²) in [6, 6.07) is 27.1. The van der Waals surface area contributed by atoms with Crippen molar-refractivity contribution >= 4 is 22.7 Å². The molecule has 7 nitrogen and oxygen atoms in total. The van der Waals surface area contributed by atoms with Crippen LogP contribution in [0.1, 0.15) is 30.4 Å². The van der Waals surface area contributed by atoms with E-state index in [1.54, 1.807) is 23.4 Å². The third-order valence-corrected chi connectivity index (χ3v) is 6.79. The molecule has 0 atom stereocenters. The molecule has 6 rings (SSSR count). The predicted octanol–water partition coefficient (Wildman–Crippen LogP) is 6.16. The van der Waals surface area contributed by atoms with Crippen molar-refractivity contribution in [1.29, 1.82) is 0 Å². The van der Waals surface area contributed by atoms with Gasteiger partial charge in [0.05, 0.1) is 11.9 Å². The fourth-order valence-corrected chi connectivity index (χ4v) is 4.89. The number of nitrogens with zero attached hydrogens (tertiary/aromatic N) is 6. The average Bonchev–Trinajstić information content (AvgIpc) is 3.44. The Balaban J connectivity index is 1.33. The molecule has 0 bridgehead atoms. The van der Waals surface area contributed by atoms with Crippen LogP contribution >= 0.6 is 0 Å². The fraction of sp³-hybridized carbons (Fsp3) is 0.233. The Morgan fingerprint density at radius 2 is 1.65 bits per heavy atom. The van der Waals surface area contributed by atoms with Crippen LogP contribution in [0.25, 0.3) is 5.52 Å². The van der Waals surface area contributed by atoms with E-state index >= 15 is 0 Å². The van der Waals surface area contributed by atoms with Crippen LogP contribution < -0.4 is 9.64 Å².